The van der Waals surface area contributed by atoms with Crippen molar-refractivity contribution in [3.05, 3.63) is 17.5 Å². The van der Waals surface area contributed by atoms with E-state index in [-0.39, 0.29) is 17.6 Å². The van der Waals surface area contributed by atoms with Crippen LogP contribution in [-0.2, 0) is 0 Å². The number of terminal acetylenes is 1. The normalized spacial score (nSPS) is 11.8. The van der Waals surface area contributed by atoms with Crippen LogP contribution < -0.4 is 5.32 Å². The Bertz CT molecular complexity index is 362. The summed E-state index contributed by atoms with van der Waals surface area (Å²) in [6.45, 7) is 3.63. The quantitative estimate of drug-likeness (QED) is 0.730. The van der Waals surface area contributed by atoms with E-state index in [4.69, 9.17) is 10.9 Å². The molecule has 1 aromatic heterocycles. The summed E-state index contributed by atoms with van der Waals surface area (Å²) in [5.74, 6) is 2.77. The maximum atomic E-state index is 11.5. The lowest BCUT2D eigenvalue weighted by atomic mass is 10.2. The number of hydrogen-bond acceptors (Lipinski definition) is 3. The Labute approximate surface area is 82.7 Å². The third-order valence-electron chi connectivity index (χ3n) is 1.78. The number of hydrogen-bond donors (Lipinski definition) is 1. The fourth-order valence-corrected chi connectivity index (χ4v) is 0.967. The van der Waals surface area contributed by atoms with Crippen molar-refractivity contribution in [2.45, 2.75) is 26.3 Å². The first-order valence-electron chi connectivity index (χ1n) is 4.37. The van der Waals surface area contributed by atoms with Crippen LogP contribution in [-0.4, -0.2) is 17.1 Å². The van der Waals surface area contributed by atoms with Crippen molar-refractivity contribution >= 4 is 5.91 Å². The summed E-state index contributed by atoms with van der Waals surface area (Å²) in [6.07, 6.45) is 5.90. The summed E-state index contributed by atoms with van der Waals surface area (Å²) in [7, 11) is 0. The van der Waals surface area contributed by atoms with E-state index in [1.807, 2.05) is 6.92 Å². The SMILES string of the molecule is C#CC(CC)NC(=O)c1cc(C)on1. The van der Waals surface area contributed by atoms with E-state index in [9.17, 15) is 4.79 Å². The molecule has 1 rings (SSSR count). The monoisotopic (exact) mass is 192 g/mol. The first-order valence-corrected chi connectivity index (χ1v) is 4.37. The van der Waals surface area contributed by atoms with E-state index in [1.54, 1.807) is 13.0 Å². The van der Waals surface area contributed by atoms with E-state index >= 15 is 0 Å². The van der Waals surface area contributed by atoms with Gasteiger partial charge < -0.3 is 9.84 Å². The van der Waals surface area contributed by atoms with E-state index in [0.29, 0.717) is 12.2 Å². The highest BCUT2D eigenvalue weighted by Crippen LogP contribution is 2.01. The molecular formula is C10H12N2O2. The van der Waals surface area contributed by atoms with E-state index in [1.165, 1.54) is 0 Å². The minimum Gasteiger partial charge on any atom is -0.361 e. The Morgan fingerprint density at radius 3 is 3.00 bits per heavy atom. The van der Waals surface area contributed by atoms with Crippen molar-refractivity contribution in [2.75, 3.05) is 0 Å². The molecule has 1 heterocycles. The van der Waals surface area contributed by atoms with Crippen LogP contribution in [0, 0.1) is 19.3 Å². The number of nitrogens with one attached hydrogen (secondary N) is 1. The zero-order chi connectivity index (χ0) is 10.6. The first-order chi connectivity index (χ1) is 6.67. The molecule has 14 heavy (non-hydrogen) atoms. The van der Waals surface area contributed by atoms with Crippen LogP contribution in [0.15, 0.2) is 10.6 Å². The van der Waals surface area contributed by atoms with Crippen LogP contribution in [0.1, 0.15) is 29.6 Å². The molecule has 1 amide bonds. The minimum absolute atomic E-state index is 0.250. The van der Waals surface area contributed by atoms with E-state index < -0.39 is 0 Å². The summed E-state index contributed by atoms with van der Waals surface area (Å²) in [5.41, 5.74) is 0.260. The second kappa shape index (κ2) is 4.47. The van der Waals surface area contributed by atoms with Gasteiger partial charge in [0, 0.05) is 6.07 Å². The maximum absolute atomic E-state index is 11.5. The van der Waals surface area contributed by atoms with E-state index in [0.717, 1.165) is 0 Å². The van der Waals surface area contributed by atoms with Crippen LogP contribution in [0.5, 0.6) is 0 Å². The van der Waals surface area contributed by atoms with Gasteiger partial charge in [0.1, 0.15) is 5.76 Å². The van der Waals surface area contributed by atoms with Gasteiger partial charge in [-0.3, -0.25) is 4.79 Å². The molecule has 0 aromatic carbocycles. The number of aryl methyl sites for hydroxylation is 1. The third kappa shape index (κ3) is 2.36. The van der Waals surface area contributed by atoms with E-state index in [2.05, 4.69) is 16.4 Å². The molecule has 0 aliphatic heterocycles. The standard InChI is InChI=1S/C10H12N2O2/c1-4-8(5-2)11-10(13)9-6-7(3)14-12-9/h1,6,8H,5H2,2-3H3,(H,11,13). The van der Waals surface area contributed by atoms with Gasteiger partial charge in [-0.2, -0.15) is 0 Å². The predicted octanol–water partition coefficient (Wildman–Crippen LogP) is 1.12. The maximum Gasteiger partial charge on any atom is 0.274 e. The largest absolute Gasteiger partial charge is 0.361 e. The summed E-state index contributed by atoms with van der Waals surface area (Å²) < 4.78 is 4.77. The molecule has 0 saturated heterocycles. The Hall–Kier alpha value is -1.76. The molecule has 0 saturated carbocycles. The predicted molar refractivity (Wildman–Crippen MR) is 51.6 cm³/mol. The Morgan fingerprint density at radius 1 is 1.86 bits per heavy atom. The zero-order valence-corrected chi connectivity index (χ0v) is 8.20. The van der Waals surface area contributed by atoms with Gasteiger partial charge in [-0.05, 0) is 13.3 Å². The minimum atomic E-state index is -0.299. The third-order valence-corrected chi connectivity index (χ3v) is 1.78. The molecule has 1 atom stereocenters. The molecule has 4 nitrogen and oxygen atoms in total. The lowest BCUT2D eigenvalue weighted by Gasteiger charge is -2.07. The number of amides is 1. The highest BCUT2D eigenvalue weighted by atomic mass is 16.5. The van der Waals surface area contributed by atoms with Crippen molar-refractivity contribution < 1.29 is 9.32 Å². The second-order valence-electron chi connectivity index (χ2n) is 2.92. The fraction of sp³-hybridized carbons (Fsp3) is 0.400. The molecule has 0 radical (unpaired) electrons. The lowest BCUT2D eigenvalue weighted by Crippen LogP contribution is -2.33. The van der Waals surface area contributed by atoms with Gasteiger partial charge in [0.25, 0.3) is 5.91 Å². The molecule has 4 heteroatoms. The molecule has 0 aliphatic carbocycles. The Balaban J connectivity index is 2.64. The number of nitrogens with zero attached hydrogens (tertiary/aromatic N) is 1. The van der Waals surface area contributed by atoms with Crippen molar-refractivity contribution in [2.24, 2.45) is 0 Å². The van der Waals surface area contributed by atoms with Gasteiger partial charge in [-0.15, -0.1) is 6.42 Å². The molecule has 0 fully saturated rings. The van der Waals surface area contributed by atoms with Crippen LogP contribution in [0.2, 0.25) is 0 Å². The molecule has 0 bridgehead atoms. The number of carbonyl (C=O) groups is 1. The topological polar surface area (TPSA) is 55.1 Å². The van der Waals surface area contributed by atoms with Gasteiger partial charge in [0.05, 0.1) is 6.04 Å². The Kier molecular flexibility index (Phi) is 3.29. The molecule has 1 N–H and O–H groups in total. The van der Waals surface area contributed by atoms with Gasteiger partial charge in [0.2, 0.25) is 0 Å². The Morgan fingerprint density at radius 2 is 2.57 bits per heavy atom. The highest BCUT2D eigenvalue weighted by molar-refractivity contribution is 5.92. The van der Waals surface area contributed by atoms with Crippen LogP contribution in [0.25, 0.3) is 0 Å². The van der Waals surface area contributed by atoms with Crippen LogP contribution >= 0.6 is 0 Å². The van der Waals surface area contributed by atoms with Crippen molar-refractivity contribution in [1.82, 2.24) is 10.5 Å². The lowest BCUT2D eigenvalue weighted by molar-refractivity contribution is 0.0936. The summed E-state index contributed by atoms with van der Waals surface area (Å²) in [5, 5.41) is 6.23. The zero-order valence-electron chi connectivity index (χ0n) is 8.20. The molecule has 1 aromatic rings. The molecule has 0 aliphatic rings. The second-order valence-corrected chi connectivity index (χ2v) is 2.92. The van der Waals surface area contributed by atoms with Crippen LogP contribution in [0.3, 0.4) is 0 Å². The summed E-state index contributed by atoms with van der Waals surface area (Å²) >= 11 is 0. The average molecular weight is 192 g/mol. The summed E-state index contributed by atoms with van der Waals surface area (Å²) in [4.78, 5) is 11.5. The fourth-order valence-electron chi connectivity index (χ4n) is 0.967. The highest BCUT2D eigenvalue weighted by Gasteiger charge is 2.13. The van der Waals surface area contributed by atoms with Gasteiger partial charge in [-0.1, -0.05) is 18.0 Å². The number of rotatable bonds is 3. The molecule has 0 spiro atoms. The molecule has 1 unspecified atom stereocenters. The van der Waals surface area contributed by atoms with Crippen molar-refractivity contribution in [1.29, 1.82) is 0 Å². The smallest absolute Gasteiger partial charge is 0.274 e. The van der Waals surface area contributed by atoms with Gasteiger partial charge in [0.15, 0.2) is 5.69 Å². The van der Waals surface area contributed by atoms with Crippen molar-refractivity contribution in [3.63, 3.8) is 0 Å². The van der Waals surface area contributed by atoms with Crippen LogP contribution in [0.4, 0.5) is 0 Å². The summed E-state index contributed by atoms with van der Waals surface area (Å²) in [6, 6.07) is 1.32. The average Bonchev–Trinajstić information content (AvgIpc) is 2.61. The van der Waals surface area contributed by atoms with Crippen molar-refractivity contribution in [3.8, 4) is 12.3 Å². The molecule has 74 valence electrons. The van der Waals surface area contributed by atoms with Gasteiger partial charge >= 0.3 is 0 Å². The first kappa shape index (κ1) is 10.3. The number of aromatic nitrogens is 1. The van der Waals surface area contributed by atoms with Gasteiger partial charge in [-0.25, -0.2) is 0 Å². The number of carbonyl (C=O) groups excluding carboxylic acids is 1. The molecular weight excluding hydrogens is 180 g/mol.